The number of nitrogens with zero attached hydrogens (tertiary/aromatic N) is 5. The van der Waals surface area contributed by atoms with Crippen LogP contribution in [-0.2, 0) is 4.74 Å². The number of ether oxygens (including phenoxy) is 1. The molecule has 90 valence electrons. The molecule has 7 nitrogen and oxygen atoms in total. The molecule has 2 aromatic rings. The van der Waals surface area contributed by atoms with Gasteiger partial charge in [0.2, 0.25) is 0 Å². The number of hydrogen-bond acceptors (Lipinski definition) is 6. The van der Waals surface area contributed by atoms with Crippen LogP contribution in [0.25, 0.3) is 5.82 Å². The van der Waals surface area contributed by atoms with Gasteiger partial charge in [-0.15, -0.1) is 5.10 Å². The molecule has 0 fully saturated rings. The van der Waals surface area contributed by atoms with Crippen molar-refractivity contribution in [2.45, 2.75) is 6.92 Å². The van der Waals surface area contributed by atoms with Crippen LogP contribution in [0, 0.1) is 11.3 Å². The molecule has 0 atom stereocenters. The Morgan fingerprint density at radius 3 is 2.89 bits per heavy atom. The highest BCUT2D eigenvalue weighted by Crippen LogP contribution is 2.06. The largest absolute Gasteiger partial charge is 0.462 e. The van der Waals surface area contributed by atoms with Crippen LogP contribution in [0.15, 0.2) is 24.7 Å². The Kier molecular flexibility index (Phi) is 3.29. The predicted molar refractivity (Wildman–Crippen MR) is 59.8 cm³/mol. The van der Waals surface area contributed by atoms with E-state index in [-0.39, 0.29) is 5.82 Å². The lowest BCUT2D eigenvalue weighted by atomic mass is 10.3. The predicted octanol–water partition coefficient (Wildman–Crippen LogP) is 0.711. The highest BCUT2D eigenvalue weighted by atomic mass is 16.5. The van der Waals surface area contributed by atoms with Crippen LogP contribution >= 0.6 is 0 Å². The van der Waals surface area contributed by atoms with Gasteiger partial charge in [0.1, 0.15) is 12.4 Å². The fraction of sp³-hybridized carbons (Fsp3) is 0.182. The molecule has 18 heavy (non-hydrogen) atoms. The number of hydrogen-bond donors (Lipinski definition) is 0. The number of nitriles is 1. The van der Waals surface area contributed by atoms with Crippen LogP contribution in [0.2, 0.25) is 0 Å². The molecule has 0 unspecified atom stereocenters. The topological polar surface area (TPSA) is 93.7 Å². The fourth-order valence-corrected chi connectivity index (χ4v) is 1.28. The van der Waals surface area contributed by atoms with E-state index in [0.29, 0.717) is 18.0 Å². The molecule has 2 aromatic heterocycles. The van der Waals surface area contributed by atoms with Gasteiger partial charge in [-0.1, -0.05) is 0 Å². The zero-order valence-corrected chi connectivity index (χ0v) is 9.57. The minimum Gasteiger partial charge on any atom is -0.462 e. The monoisotopic (exact) mass is 243 g/mol. The molecule has 0 bridgehead atoms. The van der Waals surface area contributed by atoms with Crippen molar-refractivity contribution in [2.75, 3.05) is 6.61 Å². The van der Waals surface area contributed by atoms with Crippen molar-refractivity contribution in [3.05, 3.63) is 36.0 Å². The lowest BCUT2D eigenvalue weighted by Gasteiger charge is -2.02. The van der Waals surface area contributed by atoms with Crippen molar-refractivity contribution in [3.8, 4) is 11.9 Å². The van der Waals surface area contributed by atoms with Gasteiger partial charge in [-0.05, 0) is 19.1 Å². The first kappa shape index (κ1) is 11.7. The summed E-state index contributed by atoms with van der Waals surface area (Å²) in [5.74, 6) is 0.108. The first-order valence-electron chi connectivity index (χ1n) is 5.20. The van der Waals surface area contributed by atoms with E-state index in [9.17, 15) is 4.79 Å². The van der Waals surface area contributed by atoms with Crippen molar-refractivity contribution in [1.29, 1.82) is 5.26 Å². The Morgan fingerprint density at radius 2 is 2.33 bits per heavy atom. The summed E-state index contributed by atoms with van der Waals surface area (Å²) in [5.41, 5.74) is 0.362. The van der Waals surface area contributed by atoms with Gasteiger partial charge in [0.05, 0.1) is 12.2 Å². The second kappa shape index (κ2) is 5.05. The number of rotatable bonds is 3. The normalized spacial score (nSPS) is 9.78. The Hall–Kier alpha value is -2.75. The standard InChI is InChI=1S/C11H9N5O2/c1-2-18-11(17)8-3-4-10(13-6-8)16-7-14-9(5-12)15-16/h3-4,6-7H,2H2,1H3. The first-order valence-corrected chi connectivity index (χ1v) is 5.20. The van der Waals surface area contributed by atoms with Crippen molar-refractivity contribution in [1.82, 2.24) is 19.7 Å². The molecular formula is C11H9N5O2. The molecule has 0 spiro atoms. The van der Waals surface area contributed by atoms with Crippen LogP contribution in [-0.4, -0.2) is 32.3 Å². The Balaban J connectivity index is 2.22. The molecule has 0 aliphatic rings. The maximum absolute atomic E-state index is 11.4. The second-order valence-corrected chi connectivity index (χ2v) is 3.25. The van der Waals surface area contributed by atoms with E-state index in [4.69, 9.17) is 10.00 Å². The van der Waals surface area contributed by atoms with Crippen LogP contribution in [0.5, 0.6) is 0 Å². The number of aromatic nitrogens is 4. The summed E-state index contributed by atoms with van der Waals surface area (Å²) in [6.07, 6.45) is 2.77. The minimum atomic E-state index is -0.423. The summed E-state index contributed by atoms with van der Waals surface area (Å²) >= 11 is 0. The number of pyridine rings is 1. The SMILES string of the molecule is CCOC(=O)c1ccc(-n2cnc(C#N)n2)nc1. The Bertz CT molecular complexity index is 597. The van der Waals surface area contributed by atoms with E-state index in [1.54, 1.807) is 19.1 Å². The smallest absolute Gasteiger partial charge is 0.339 e. The van der Waals surface area contributed by atoms with E-state index in [2.05, 4.69) is 15.1 Å². The third-order valence-electron chi connectivity index (χ3n) is 2.09. The number of esters is 1. The van der Waals surface area contributed by atoms with Gasteiger partial charge < -0.3 is 4.74 Å². The second-order valence-electron chi connectivity index (χ2n) is 3.25. The van der Waals surface area contributed by atoms with Crippen LogP contribution < -0.4 is 0 Å². The third-order valence-corrected chi connectivity index (χ3v) is 2.09. The molecule has 0 saturated carbocycles. The van der Waals surface area contributed by atoms with Crippen LogP contribution in [0.3, 0.4) is 0 Å². The lowest BCUT2D eigenvalue weighted by molar-refractivity contribution is 0.0526. The van der Waals surface area contributed by atoms with E-state index >= 15 is 0 Å². The van der Waals surface area contributed by atoms with E-state index in [1.165, 1.54) is 17.2 Å². The van der Waals surface area contributed by atoms with E-state index in [0.717, 1.165) is 0 Å². The fourth-order valence-electron chi connectivity index (χ4n) is 1.28. The van der Waals surface area contributed by atoms with Gasteiger partial charge in [0.25, 0.3) is 5.82 Å². The molecule has 2 heterocycles. The van der Waals surface area contributed by atoms with Crippen molar-refractivity contribution in [3.63, 3.8) is 0 Å². The van der Waals surface area contributed by atoms with E-state index < -0.39 is 5.97 Å². The third kappa shape index (κ3) is 2.32. The molecule has 7 heteroatoms. The first-order chi connectivity index (χ1) is 8.74. The molecule has 0 aliphatic heterocycles. The van der Waals surface area contributed by atoms with Crippen molar-refractivity contribution in [2.24, 2.45) is 0 Å². The van der Waals surface area contributed by atoms with Crippen molar-refractivity contribution < 1.29 is 9.53 Å². The minimum absolute atomic E-state index is 0.0614. The highest BCUT2D eigenvalue weighted by molar-refractivity contribution is 5.89. The highest BCUT2D eigenvalue weighted by Gasteiger charge is 2.08. The molecule has 0 aliphatic carbocycles. The van der Waals surface area contributed by atoms with Gasteiger partial charge in [-0.25, -0.2) is 19.4 Å². The maximum Gasteiger partial charge on any atom is 0.339 e. The maximum atomic E-state index is 11.4. The summed E-state index contributed by atoms with van der Waals surface area (Å²) in [6, 6.07) is 5.00. The van der Waals surface area contributed by atoms with Gasteiger partial charge >= 0.3 is 5.97 Å². The summed E-state index contributed by atoms with van der Waals surface area (Å²) in [5, 5.41) is 12.5. The van der Waals surface area contributed by atoms with Gasteiger partial charge in [-0.3, -0.25) is 0 Å². The average molecular weight is 243 g/mol. The molecule has 0 N–H and O–H groups in total. The van der Waals surface area contributed by atoms with E-state index in [1.807, 2.05) is 6.07 Å². The average Bonchev–Trinajstić information content (AvgIpc) is 2.88. The lowest BCUT2D eigenvalue weighted by Crippen LogP contribution is -2.06. The molecule has 0 amide bonds. The molecule has 0 saturated heterocycles. The van der Waals surface area contributed by atoms with Gasteiger partial charge in [0, 0.05) is 6.20 Å². The quantitative estimate of drug-likeness (QED) is 0.737. The molecule has 0 radical (unpaired) electrons. The van der Waals surface area contributed by atoms with Crippen LogP contribution in [0.1, 0.15) is 23.1 Å². The van der Waals surface area contributed by atoms with Crippen LogP contribution in [0.4, 0.5) is 0 Å². The Labute approximate surface area is 103 Å². The zero-order valence-electron chi connectivity index (χ0n) is 9.57. The van der Waals surface area contributed by atoms with Gasteiger partial charge in [0.15, 0.2) is 5.82 Å². The van der Waals surface area contributed by atoms with Crippen molar-refractivity contribution >= 4 is 5.97 Å². The number of carbonyl (C=O) groups is 1. The molecule has 0 aromatic carbocycles. The van der Waals surface area contributed by atoms with Gasteiger partial charge in [-0.2, -0.15) is 5.26 Å². The summed E-state index contributed by atoms with van der Waals surface area (Å²) < 4.78 is 6.19. The molecular weight excluding hydrogens is 234 g/mol. The number of carbonyl (C=O) groups excluding carboxylic acids is 1. The zero-order chi connectivity index (χ0) is 13.0. The summed E-state index contributed by atoms with van der Waals surface area (Å²) in [4.78, 5) is 19.2. The molecule has 2 rings (SSSR count). The Morgan fingerprint density at radius 1 is 1.50 bits per heavy atom. The summed E-state index contributed by atoms with van der Waals surface area (Å²) in [6.45, 7) is 2.05. The summed E-state index contributed by atoms with van der Waals surface area (Å²) in [7, 11) is 0.